The first-order valence-corrected chi connectivity index (χ1v) is 7.31. The normalized spacial score (nSPS) is 11.3. The van der Waals surface area contributed by atoms with Gasteiger partial charge in [0.1, 0.15) is 5.82 Å². The van der Waals surface area contributed by atoms with Crippen molar-refractivity contribution in [2.45, 2.75) is 34.1 Å². The van der Waals surface area contributed by atoms with Gasteiger partial charge in [0.15, 0.2) is 0 Å². The monoisotopic (exact) mass is 267 g/mol. The Bertz CT molecular complexity index is 381. The lowest BCUT2D eigenvalue weighted by Gasteiger charge is -2.25. The Hall–Kier alpha value is -1.23. The fourth-order valence-electron chi connectivity index (χ4n) is 2.48. The zero-order chi connectivity index (χ0) is 14.4. The lowest BCUT2D eigenvalue weighted by Crippen LogP contribution is -2.31. The van der Waals surface area contributed by atoms with Crippen LogP contribution in [0.15, 0.2) is 0 Å². The molecule has 110 valence electrons. The van der Waals surface area contributed by atoms with E-state index in [1.165, 1.54) is 0 Å². The highest BCUT2D eigenvalue weighted by Crippen LogP contribution is 2.25. The molecule has 0 aromatic carbocycles. The molecule has 19 heavy (non-hydrogen) atoms. The van der Waals surface area contributed by atoms with Gasteiger partial charge in [-0.25, -0.2) is 0 Å². The summed E-state index contributed by atoms with van der Waals surface area (Å²) in [7, 11) is 1.96. The molecule has 1 heterocycles. The number of nitrogens with zero attached hydrogens (tertiary/aromatic N) is 4. The first kappa shape index (κ1) is 15.8. The highest BCUT2D eigenvalue weighted by atomic mass is 15.4. The van der Waals surface area contributed by atoms with E-state index in [0.29, 0.717) is 0 Å². The van der Waals surface area contributed by atoms with Crippen molar-refractivity contribution < 1.29 is 0 Å². The smallest absolute Gasteiger partial charge is 0.150 e. The molecule has 1 rings (SSSR count). The first-order chi connectivity index (χ1) is 9.04. The standard InChI is InChI=1S/C14H29N5/c1-6-18(7-2)10-9-11-19(8-3)14-13(15)12(4)16-17(14)5/h6-11,15H2,1-5H3. The minimum atomic E-state index is 0.812. The van der Waals surface area contributed by atoms with Crippen LogP contribution in [0.25, 0.3) is 0 Å². The molecule has 0 amide bonds. The molecule has 5 nitrogen and oxygen atoms in total. The molecule has 0 radical (unpaired) electrons. The van der Waals surface area contributed by atoms with E-state index in [0.717, 1.165) is 56.3 Å². The van der Waals surface area contributed by atoms with Crippen molar-refractivity contribution >= 4 is 11.5 Å². The molecule has 0 aliphatic heterocycles. The van der Waals surface area contributed by atoms with Crippen molar-refractivity contribution in [3.63, 3.8) is 0 Å². The maximum atomic E-state index is 6.13. The van der Waals surface area contributed by atoms with Crippen molar-refractivity contribution in [1.29, 1.82) is 0 Å². The molecule has 0 bridgehead atoms. The molecule has 0 aliphatic carbocycles. The Labute approximate surface area is 117 Å². The summed E-state index contributed by atoms with van der Waals surface area (Å²) in [5, 5.41) is 4.39. The van der Waals surface area contributed by atoms with Gasteiger partial charge in [0, 0.05) is 20.1 Å². The summed E-state index contributed by atoms with van der Waals surface area (Å²) in [6, 6.07) is 0. The predicted molar refractivity (Wildman–Crippen MR) is 82.6 cm³/mol. The summed E-state index contributed by atoms with van der Waals surface area (Å²) in [5.41, 5.74) is 7.86. The molecule has 0 saturated heterocycles. The molecular weight excluding hydrogens is 238 g/mol. The average Bonchev–Trinajstić information content (AvgIpc) is 2.65. The van der Waals surface area contributed by atoms with E-state index in [2.05, 4.69) is 35.7 Å². The van der Waals surface area contributed by atoms with E-state index in [9.17, 15) is 0 Å². The van der Waals surface area contributed by atoms with Crippen LogP contribution < -0.4 is 10.6 Å². The van der Waals surface area contributed by atoms with E-state index < -0.39 is 0 Å². The molecule has 0 aliphatic rings. The van der Waals surface area contributed by atoms with Crippen LogP contribution in [0.4, 0.5) is 11.5 Å². The number of aryl methyl sites for hydroxylation is 2. The second-order valence-corrected chi connectivity index (χ2v) is 4.91. The molecular formula is C14H29N5. The van der Waals surface area contributed by atoms with Crippen LogP contribution in [0.3, 0.4) is 0 Å². The van der Waals surface area contributed by atoms with E-state index in [-0.39, 0.29) is 0 Å². The Balaban J connectivity index is 2.63. The largest absolute Gasteiger partial charge is 0.394 e. The zero-order valence-corrected chi connectivity index (χ0v) is 13.1. The third kappa shape index (κ3) is 3.86. The summed E-state index contributed by atoms with van der Waals surface area (Å²) < 4.78 is 1.89. The molecule has 0 fully saturated rings. The van der Waals surface area contributed by atoms with E-state index in [4.69, 9.17) is 5.73 Å². The van der Waals surface area contributed by atoms with Gasteiger partial charge in [0.25, 0.3) is 0 Å². The van der Waals surface area contributed by atoms with Gasteiger partial charge in [-0.3, -0.25) is 4.68 Å². The van der Waals surface area contributed by atoms with E-state index >= 15 is 0 Å². The van der Waals surface area contributed by atoms with Crippen LogP contribution in [0, 0.1) is 6.92 Å². The molecule has 1 aromatic heterocycles. The second kappa shape index (κ2) is 7.38. The van der Waals surface area contributed by atoms with Gasteiger partial charge in [0.05, 0.1) is 11.4 Å². The minimum Gasteiger partial charge on any atom is -0.394 e. The van der Waals surface area contributed by atoms with Crippen molar-refractivity contribution in [1.82, 2.24) is 14.7 Å². The molecule has 2 N–H and O–H groups in total. The molecule has 1 aromatic rings. The van der Waals surface area contributed by atoms with Crippen molar-refractivity contribution in [2.75, 3.05) is 43.4 Å². The quantitative estimate of drug-likeness (QED) is 0.781. The number of hydrogen-bond donors (Lipinski definition) is 1. The number of nitrogens with two attached hydrogens (primary N) is 1. The predicted octanol–water partition coefficient (Wildman–Crippen LogP) is 1.87. The number of aromatic nitrogens is 2. The highest BCUT2D eigenvalue weighted by molar-refractivity contribution is 5.66. The Morgan fingerprint density at radius 3 is 2.16 bits per heavy atom. The van der Waals surface area contributed by atoms with Crippen LogP contribution in [0.1, 0.15) is 32.9 Å². The number of hydrogen-bond acceptors (Lipinski definition) is 4. The molecule has 0 spiro atoms. The van der Waals surface area contributed by atoms with Crippen LogP contribution in [0.2, 0.25) is 0 Å². The maximum absolute atomic E-state index is 6.13. The molecule has 0 unspecified atom stereocenters. The Morgan fingerprint density at radius 2 is 1.74 bits per heavy atom. The maximum Gasteiger partial charge on any atom is 0.150 e. The van der Waals surface area contributed by atoms with E-state index in [1.807, 2.05) is 18.7 Å². The third-order valence-corrected chi connectivity index (χ3v) is 3.72. The van der Waals surface area contributed by atoms with Crippen LogP contribution in [0.5, 0.6) is 0 Å². The third-order valence-electron chi connectivity index (χ3n) is 3.72. The SMILES string of the molecule is CCN(CC)CCCN(CC)c1c(N)c(C)nn1C. The summed E-state index contributed by atoms with van der Waals surface area (Å²) in [6.45, 7) is 13.9. The fraction of sp³-hybridized carbons (Fsp3) is 0.786. The Kier molecular flexibility index (Phi) is 6.15. The highest BCUT2D eigenvalue weighted by Gasteiger charge is 2.15. The molecule has 0 atom stereocenters. The lowest BCUT2D eigenvalue weighted by molar-refractivity contribution is 0.300. The summed E-state index contributed by atoms with van der Waals surface area (Å²) >= 11 is 0. The van der Waals surface area contributed by atoms with E-state index in [1.54, 1.807) is 0 Å². The van der Waals surface area contributed by atoms with Crippen molar-refractivity contribution in [3.8, 4) is 0 Å². The van der Waals surface area contributed by atoms with Gasteiger partial charge in [-0.1, -0.05) is 13.8 Å². The lowest BCUT2D eigenvalue weighted by atomic mass is 10.3. The zero-order valence-electron chi connectivity index (χ0n) is 13.1. The number of rotatable bonds is 8. The van der Waals surface area contributed by atoms with Gasteiger partial charge < -0.3 is 15.5 Å². The summed E-state index contributed by atoms with van der Waals surface area (Å²) in [4.78, 5) is 4.77. The van der Waals surface area contributed by atoms with Gasteiger partial charge in [0.2, 0.25) is 0 Å². The van der Waals surface area contributed by atoms with Gasteiger partial charge in [-0.2, -0.15) is 5.10 Å². The Morgan fingerprint density at radius 1 is 1.11 bits per heavy atom. The minimum absolute atomic E-state index is 0.812. The van der Waals surface area contributed by atoms with Crippen molar-refractivity contribution in [3.05, 3.63) is 5.69 Å². The second-order valence-electron chi connectivity index (χ2n) is 4.91. The average molecular weight is 267 g/mol. The molecule has 0 saturated carbocycles. The summed E-state index contributed by atoms with van der Waals surface area (Å²) in [6.07, 6.45) is 1.15. The number of nitrogen functional groups attached to an aromatic ring is 1. The van der Waals surface area contributed by atoms with Crippen molar-refractivity contribution in [2.24, 2.45) is 7.05 Å². The van der Waals surface area contributed by atoms with Gasteiger partial charge in [-0.05, 0) is 39.9 Å². The fourth-order valence-corrected chi connectivity index (χ4v) is 2.48. The summed E-state index contributed by atoms with van der Waals surface area (Å²) in [5.74, 6) is 1.06. The van der Waals surface area contributed by atoms with Gasteiger partial charge >= 0.3 is 0 Å². The van der Waals surface area contributed by atoms with Crippen LogP contribution >= 0.6 is 0 Å². The number of anilines is 2. The first-order valence-electron chi connectivity index (χ1n) is 7.31. The van der Waals surface area contributed by atoms with Gasteiger partial charge in [-0.15, -0.1) is 0 Å². The van der Waals surface area contributed by atoms with Crippen LogP contribution in [-0.2, 0) is 7.05 Å². The van der Waals surface area contributed by atoms with Crippen LogP contribution in [-0.4, -0.2) is 47.4 Å². The topological polar surface area (TPSA) is 50.3 Å². The molecule has 5 heteroatoms.